The topological polar surface area (TPSA) is 49.9 Å². The third kappa shape index (κ3) is 3.72. The van der Waals surface area contributed by atoms with Crippen LogP contribution in [0.2, 0.25) is 0 Å². The molecule has 0 aliphatic heterocycles. The molecule has 1 heterocycles. The number of aromatic nitrogens is 2. The van der Waals surface area contributed by atoms with E-state index < -0.39 is 0 Å². The van der Waals surface area contributed by atoms with Crippen molar-refractivity contribution in [1.82, 2.24) is 9.97 Å². The molecule has 3 rings (SSSR count). The lowest BCUT2D eigenvalue weighted by Crippen LogP contribution is -1.91. The quantitative estimate of drug-likeness (QED) is 0.722. The Morgan fingerprint density at radius 1 is 1.09 bits per heavy atom. The van der Waals surface area contributed by atoms with Crippen molar-refractivity contribution in [3.63, 3.8) is 0 Å². The SMILES string of the molecule is COc1ccc(C#Cc2ccc(Nc3ncc[nH]3)cc2)c(C)c1. The maximum absolute atomic E-state index is 5.21. The van der Waals surface area contributed by atoms with E-state index in [1.807, 2.05) is 49.4 Å². The number of hydrogen-bond donors (Lipinski definition) is 2. The van der Waals surface area contributed by atoms with Gasteiger partial charge < -0.3 is 15.0 Å². The molecule has 0 amide bonds. The van der Waals surface area contributed by atoms with Gasteiger partial charge in [0.2, 0.25) is 5.95 Å². The smallest absolute Gasteiger partial charge is 0.204 e. The Balaban J connectivity index is 1.74. The second kappa shape index (κ2) is 6.71. The summed E-state index contributed by atoms with van der Waals surface area (Å²) in [4.78, 5) is 7.13. The third-order valence-corrected chi connectivity index (χ3v) is 3.42. The van der Waals surface area contributed by atoms with Gasteiger partial charge in [0.25, 0.3) is 0 Å². The Hall–Kier alpha value is -3.19. The molecule has 0 fully saturated rings. The average molecular weight is 303 g/mol. The van der Waals surface area contributed by atoms with Crippen LogP contribution in [0.3, 0.4) is 0 Å². The zero-order valence-electron chi connectivity index (χ0n) is 13.1. The monoisotopic (exact) mass is 303 g/mol. The zero-order chi connectivity index (χ0) is 16.1. The van der Waals surface area contributed by atoms with Gasteiger partial charge in [0, 0.05) is 29.2 Å². The summed E-state index contributed by atoms with van der Waals surface area (Å²) in [5, 5.41) is 3.18. The van der Waals surface area contributed by atoms with Crippen molar-refractivity contribution in [3.8, 4) is 17.6 Å². The predicted molar refractivity (Wildman–Crippen MR) is 92.0 cm³/mol. The summed E-state index contributed by atoms with van der Waals surface area (Å²) in [6.45, 7) is 2.03. The number of nitrogens with zero attached hydrogens (tertiary/aromatic N) is 1. The predicted octanol–water partition coefficient (Wildman–Crippen LogP) is 3.87. The lowest BCUT2D eigenvalue weighted by atomic mass is 10.1. The largest absolute Gasteiger partial charge is 0.497 e. The van der Waals surface area contributed by atoms with Crippen LogP contribution < -0.4 is 10.1 Å². The molecule has 4 nitrogen and oxygen atoms in total. The van der Waals surface area contributed by atoms with E-state index in [2.05, 4.69) is 27.1 Å². The van der Waals surface area contributed by atoms with Crippen molar-refractivity contribution < 1.29 is 4.74 Å². The van der Waals surface area contributed by atoms with Crippen molar-refractivity contribution in [1.29, 1.82) is 0 Å². The van der Waals surface area contributed by atoms with Gasteiger partial charge in [-0.15, -0.1) is 0 Å². The summed E-state index contributed by atoms with van der Waals surface area (Å²) in [6.07, 6.45) is 3.48. The fourth-order valence-corrected chi connectivity index (χ4v) is 2.15. The summed E-state index contributed by atoms with van der Waals surface area (Å²) in [7, 11) is 1.67. The number of aryl methyl sites for hydroxylation is 1. The standard InChI is InChI=1S/C19H17N3O/c1-14-13-18(23-2)10-7-16(14)6-3-15-4-8-17(9-5-15)22-19-20-11-12-21-19/h4-5,7-13H,1-2H3,(H2,20,21,22). The van der Waals surface area contributed by atoms with E-state index in [9.17, 15) is 0 Å². The first kappa shape index (κ1) is 14.7. The van der Waals surface area contributed by atoms with E-state index >= 15 is 0 Å². The minimum atomic E-state index is 0.720. The first-order valence-electron chi connectivity index (χ1n) is 7.28. The highest BCUT2D eigenvalue weighted by atomic mass is 16.5. The molecule has 0 aliphatic carbocycles. The number of aromatic amines is 1. The van der Waals surface area contributed by atoms with Crippen molar-refractivity contribution in [3.05, 3.63) is 71.5 Å². The van der Waals surface area contributed by atoms with Crippen LogP contribution in [0.15, 0.2) is 54.9 Å². The highest BCUT2D eigenvalue weighted by Crippen LogP contribution is 2.16. The van der Waals surface area contributed by atoms with Crippen LogP contribution in [0, 0.1) is 18.8 Å². The van der Waals surface area contributed by atoms with Gasteiger partial charge in [0.1, 0.15) is 5.75 Å². The number of hydrogen-bond acceptors (Lipinski definition) is 3. The molecule has 0 unspecified atom stereocenters. The Labute approximate surface area is 135 Å². The number of anilines is 2. The van der Waals surface area contributed by atoms with E-state index in [1.165, 1.54) is 0 Å². The summed E-state index contributed by atoms with van der Waals surface area (Å²) in [6, 6.07) is 13.8. The van der Waals surface area contributed by atoms with Crippen LogP contribution in [-0.4, -0.2) is 17.1 Å². The summed E-state index contributed by atoms with van der Waals surface area (Å²) >= 11 is 0. The Morgan fingerprint density at radius 2 is 1.91 bits per heavy atom. The molecule has 0 aliphatic rings. The summed E-state index contributed by atoms with van der Waals surface area (Å²) in [5.74, 6) is 7.95. The molecule has 3 aromatic rings. The van der Waals surface area contributed by atoms with Crippen LogP contribution in [0.5, 0.6) is 5.75 Å². The highest BCUT2D eigenvalue weighted by Gasteiger charge is 1.98. The van der Waals surface area contributed by atoms with Gasteiger partial charge in [-0.05, 0) is 55.0 Å². The fraction of sp³-hybridized carbons (Fsp3) is 0.105. The third-order valence-electron chi connectivity index (χ3n) is 3.42. The van der Waals surface area contributed by atoms with E-state index in [-0.39, 0.29) is 0 Å². The van der Waals surface area contributed by atoms with E-state index in [0.29, 0.717) is 0 Å². The molecule has 4 heteroatoms. The number of rotatable bonds is 3. The molecule has 0 atom stereocenters. The lowest BCUT2D eigenvalue weighted by molar-refractivity contribution is 0.414. The molecule has 1 aromatic heterocycles. The first-order valence-corrected chi connectivity index (χ1v) is 7.28. The van der Waals surface area contributed by atoms with Crippen LogP contribution >= 0.6 is 0 Å². The van der Waals surface area contributed by atoms with Gasteiger partial charge in [-0.1, -0.05) is 11.8 Å². The van der Waals surface area contributed by atoms with Gasteiger partial charge >= 0.3 is 0 Å². The number of ether oxygens (including phenoxy) is 1. The van der Waals surface area contributed by atoms with Crippen LogP contribution in [0.25, 0.3) is 0 Å². The average Bonchev–Trinajstić information content (AvgIpc) is 3.08. The van der Waals surface area contributed by atoms with Gasteiger partial charge in [0.15, 0.2) is 0 Å². The van der Waals surface area contributed by atoms with Crippen LogP contribution in [-0.2, 0) is 0 Å². The fourth-order valence-electron chi connectivity index (χ4n) is 2.15. The minimum Gasteiger partial charge on any atom is -0.497 e. The minimum absolute atomic E-state index is 0.720. The maximum Gasteiger partial charge on any atom is 0.204 e. The zero-order valence-corrected chi connectivity index (χ0v) is 13.1. The molecule has 114 valence electrons. The summed E-state index contributed by atoms with van der Waals surface area (Å²) < 4.78 is 5.21. The normalized spacial score (nSPS) is 9.83. The Kier molecular flexibility index (Phi) is 4.30. The van der Waals surface area contributed by atoms with E-state index in [1.54, 1.807) is 19.5 Å². The van der Waals surface area contributed by atoms with Gasteiger partial charge in [-0.3, -0.25) is 0 Å². The Morgan fingerprint density at radius 3 is 2.57 bits per heavy atom. The van der Waals surface area contributed by atoms with Gasteiger partial charge in [0.05, 0.1) is 7.11 Å². The van der Waals surface area contributed by atoms with Crippen molar-refractivity contribution in [2.24, 2.45) is 0 Å². The second-order valence-electron chi connectivity index (χ2n) is 5.07. The number of benzene rings is 2. The number of methoxy groups -OCH3 is 1. The maximum atomic E-state index is 5.21. The first-order chi connectivity index (χ1) is 11.2. The lowest BCUT2D eigenvalue weighted by Gasteiger charge is -2.03. The molecule has 0 saturated carbocycles. The highest BCUT2D eigenvalue weighted by molar-refractivity contribution is 5.56. The number of imidazole rings is 1. The molecule has 0 bridgehead atoms. The number of nitrogens with one attached hydrogen (secondary N) is 2. The number of H-pyrrole nitrogens is 1. The van der Waals surface area contributed by atoms with Gasteiger partial charge in [-0.2, -0.15) is 0 Å². The van der Waals surface area contributed by atoms with E-state index in [0.717, 1.165) is 34.1 Å². The van der Waals surface area contributed by atoms with E-state index in [4.69, 9.17) is 4.74 Å². The van der Waals surface area contributed by atoms with Gasteiger partial charge in [-0.25, -0.2) is 4.98 Å². The van der Waals surface area contributed by atoms with Crippen LogP contribution in [0.4, 0.5) is 11.6 Å². The van der Waals surface area contributed by atoms with Crippen molar-refractivity contribution >= 4 is 11.6 Å². The molecule has 0 spiro atoms. The Bertz CT molecular complexity index is 841. The molecular weight excluding hydrogens is 286 g/mol. The molecule has 23 heavy (non-hydrogen) atoms. The molecule has 2 aromatic carbocycles. The summed E-state index contributed by atoms with van der Waals surface area (Å²) in [5.41, 5.74) is 4.04. The van der Waals surface area contributed by atoms with Crippen LogP contribution in [0.1, 0.15) is 16.7 Å². The molecule has 0 saturated heterocycles. The second-order valence-corrected chi connectivity index (χ2v) is 5.07. The van der Waals surface area contributed by atoms with Crippen molar-refractivity contribution in [2.75, 3.05) is 12.4 Å². The molecule has 2 N–H and O–H groups in total. The van der Waals surface area contributed by atoms with Crippen molar-refractivity contribution in [2.45, 2.75) is 6.92 Å². The molecule has 0 radical (unpaired) electrons. The molecular formula is C19H17N3O.